The van der Waals surface area contributed by atoms with Crippen molar-refractivity contribution in [3.05, 3.63) is 97.4 Å². The van der Waals surface area contributed by atoms with E-state index in [2.05, 4.69) is 27.9 Å². The minimum atomic E-state index is -0.478. The van der Waals surface area contributed by atoms with Gasteiger partial charge < -0.3 is 10.1 Å². The fourth-order valence-corrected chi connectivity index (χ4v) is 4.07. The van der Waals surface area contributed by atoms with Crippen LogP contribution in [0.5, 0.6) is 5.75 Å². The number of halogens is 2. The van der Waals surface area contributed by atoms with Crippen LogP contribution < -0.4 is 10.1 Å². The fourth-order valence-electron chi connectivity index (χ4n) is 3.25. The van der Waals surface area contributed by atoms with E-state index in [1.807, 2.05) is 50.2 Å². The number of carbonyl (C=O) groups is 1. The molecule has 0 aromatic heterocycles. The number of rotatable bonds is 6. The number of nitrogens with one attached hydrogen (secondary N) is 1. The topological polar surface area (TPSA) is 62.1 Å². The maximum atomic E-state index is 13.6. The molecule has 0 radical (unpaired) electrons. The van der Waals surface area contributed by atoms with Crippen LogP contribution >= 0.6 is 22.6 Å². The Kier molecular flexibility index (Phi) is 7.65. The highest BCUT2D eigenvalue weighted by atomic mass is 127. The Hall–Kier alpha value is -3.18. The molecule has 0 fully saturated rings. The summed E-state index contributed by atoms with van der Waals surface area (Å²) in [7, 11) is 1.56. The van der Waals surface area contributed by atoms with Crippen LogP contribution in [-0.4, -0.2) is 13.0 Å². The van der Waals surface area contributed by atoms with E-state index >= 15 is 0 Å². The first-order chi connectivity index (χ1) is 15.3. The van der Waals surface area contributed by atoms with E-state index in [9.17, 15) is 14.4 Å². The molecule has 3 aromatic carbocycles. The summed E-state index contributed by atoms with van der Waals surface area (Å²) in [5.74, 6) is -0.155. The molecule has 0 aliphatic carbocycles. The first kappa shape index (κ1) is 23.5. The van der Waals surface area contributed by atoms with Gasteiger partial charge in [-0.2, -0.15) is 5.26 Å². The van der Waals surface area contributed by atoms with Gasteiger partial charge in [0.1, 0.15) is 23.2 Å². The molecule has 0 heterocycles. The van der Waals surface area contributed by atoms with Crippen LogP contribution in [0.15, 0.2) is 60.2 Å². The van der Waals surface area contributed by atoms with E-state index in [1.165, 1.54) is 18.2 Å². The van der Waals surface area contributed by atoms with Crippen molar-refractivity contribution in [3.63, 3.8) is 0 Å². The van der Waals surface area contributed by atoms with Crippen LogP contribution in [0.2, 0.25) is 0 Å². The third kappa shape index (κ3) is 5.74. The summed E-state index contributed by atoms with van der Waals surface area (Å²) in [5.41, 5.74) is 5.21. The predicted molar refractivity (Wildman–Crippen MR) is 133 cm³/mol. The maximum Gasteiger partial charge on any atom is 0.266 e. The number of anilines is 1. The lowest BCUT2D eigenvalue weighted by Crippen LogP contribution is -2.13. The van der Waals surface area contributed by atoms with Gasteiger partial charge in [-0.25, -0.2) is 4.39 Å². The minimum absolute atomic E-state index is 0.0149. The fraction of sp³-hybridized carbons (Fsp3) is 0.154. The van der Waals surface area contributed by atoms with Crippen molar-refractivity contribution in [3.8, 4) is 11.8 Å². The lowest BCUT2D eigenvalue weighted by molar-refractivity contribution is -0.112. The van der Waals surface area contributed by atoms with Crippen molar-refractivity contribution in [1.29, 1.82) is 5.26 Å². The number of carbonyl (C=O) groups excluding carboxylic acids is 1. The predicted octanol–water partition coefficient (Wildman–Crippen LogP) is 6.19. The van der Waals surface area contributed by atoms with E-state index in [4.69, 9.17) is 4.74 Å². The van der Waals surface area contributed by atoms with Gasteiger partial charge in [0.05, 0.1) is 7.11 Å². The molecule has 0 bridgehead atoms. The SMILES string of the molecule is COc1cc(/C=C(\C#N)C(=O)Nc2ccc(C)c(C)c2)cc(I)c1Cc1cccc(F)c1. The van der Waals surface area contributed by atoms with Crippen molar-refractivity contribution in [2.45, 2.75) is 20.3 Å². The van der Waals surface area contributed by atoms with Gasteiger partial charge in [0.25, 0.3) is 5.91 Å². The van der Waals surface area contributed by atoms with E-state index < -0.39 is 5.91 Å². The Labute approximate surface area is 200 Å². The van der Waals surface area contributed by atoms with Gasteiger partial charge >= 0.3 is 0 Å². The highest BCUT2D eigenvalue weighted by Gasteiger charge is 2.14. The van der Waals surface area contributed by atoms with Crippen molar-refractivity contribution in [1.82, 2.24) is 0 Å². The van der Waals surface area contributed by atoms with Crippen molar-refractivity contribution in [2.75, 3.05) is 12.4 Å². The highest BCUT2D eigenvalue weighted by molar-refractivity contribution is 14.1. The van der Waals surface area contributed by atoms with Gasteiger partial charge in [0.2, 0.25) is 0 Å². The number of nitriles is 1. The molecule has 0 atom stereocenters. The van der Waals surface area contributed by atoms with E-state index in [0.717, 1.165) is 25.8 Å². The molecule has 162 valence electrons. The normalized spacial score (nSPS) is 11.1. The second-order valence-corrected chi connectivity index (χ2v) is 8.58. The smallest absolute Gasteiger partial charge is 0.266 e. The molecule has 32 heavy (non-hydrogen) atoms. The Morgan fingerprint density at radius 1 is 1.16 bits per heavy atom. The van der Waals surface area contributed by atoms with E-state index in [1.54, 1.807) is 19.2 Å². The van der Waals surface area contributed by atoms with Gasteiger partial charge in [-0.3, -0.25) is 4.79 Å². The molecule has 1 N–H and O–H groups in total. The summed E-state index contributed by atoms with van der Waals surface area (Å²) >= 11 is 2.19. The molecule has 4 nitrogen and oxygen atoms in total. The monoisotopic (exact) mass is 540 g/mol. The Morgan fingerprint density at radius 2 is 1.94 bits per heavy atom. The first-order valence-electron chi connectivity index (χ1n) is 9.92. The molecule has 0 spiro atoms. The third-order valence-corrected chi connectivity index (χ3v) is 6.07. The zero-order valence-corrected chi connectivity index (χ0v) is 20.2. The Bertz CT molecular complexity index is 1250. The van der Waals surface area contributed by atoms with Crippen LogP contribution in [-0.2, 0) is 11.2 Å². The Balaban J connectivity index is 1.88. The van der Waals surface area contributed by atoms with Gasteiger partial charge in [0.15, 0.2) is 0 Å². The van der Waals surface area contributed by atoms with Gasteiger partial charge in [-0.05, 0) is 101 Å². The molecular formula is C26H22FIN2O2. The molecule has 6 heteroatoms. The largest absolute Gasteiger partial charge is 0.496 e. The van der Waals surface area contributed by atoms with Crippen molar-refractivity contribution < 1.29 is 13.9 Å². The van der Waals surface area contributed by atoms with E-state index in [0.29, 0.717) is 23.4 Å². The summed E-state index contributed by atoms with van der Waals surface area (Å²) in [6.07, 6.45) is 2.04. The number of methoxy groups -OCH3 is 1. The average Bonchev–Trinajstić information content (AvgIpc) is 2.76. The third-order valence-electron chi connectivity index (χ3n) is 5.11. The average molecular weight is 540 g/mol. The zero-order valence-electron chi connectivity index (χ0n) is 18.0. The molecule has 0 unspecified atom stereocenters. The summed E-state index contributed by atoms with van der Waals surface area (Å²) in [6.45, 7) is 3.96. The highest BCUT2D eigenvalue weighted by Crippen LogP contribution is 2.30. The number of hydrogen-bond donors (Lipinski definition) is 1. The summed E-state index contributed by atoms with van der Waals surface area (Å²) in [5, 5.41) is 12.3. The van der Waals surface area contributed by atoms with Crippen LogP contribution in [0, 0.1) is 34.6 Å². The van der Waals surface area contributed by atoms with Gasteiger partial charge in [-0.1, -0.05) is 18.2 Å². The lowest BCUT2D eigenvalue weighted by atomic mass is 10.0. The molecule has 0 aliphatic heterocycles. The van der Waals surface area contributed by atoms with Crippen LogP contribution in [0.25, 0.3) is 6.08 Å². The molecule has 0 saturated carbocycles. The van der Waals surface area contributed by atoms with Crippen LogP contribution in [0.3, 0.4) is 0 Å². The summed E-state index contributed by atoms with van der Waals surface area (Å²) in [6, 6.07) is 17.7. The number of aryl methyl sites for hydroxylation is 2. The summed E-state index contributed by atoms with van der Waals surface area (Å²) < 4.78 is 20.0. The second-order valence-electron chi connectivity index (χ2n) is 7.41. The van der Waals surface area contributed by atoms with Crippen molar-refractivity contribution in [2.24, 2.45) is 0 Å². The first-order valence-corrected chi connectivity index (χ1v) is 11.0. The quantitative estimate of drug-likeness (QED) is 0.230. The summed E-state index contributed by atoms with van der Waals surface area (Å²) in [4.78, 5) is 12.7. The van der Waals surface area contributed by atoms with Crippen LogP contribution in [0.1, 0.15) is 27.8 Å². The number of hydrogen-bond acceptors (Lipinski definition) is 3. The second kappa shape index (κ2) is 10.4. The van der Waals surface area contributed by atoms with E-state index in [-0.39, 0.29) is 11.4 Å². The Morgan fingerprint density at radius 3 is 2.59 bits per heavy atom. The maximum absolute atomic E-state index is 13.6. The van der Waals surface area contributed by atoms with Gasteiger partial charge in [-0.15, -0.1) is 0 Å². The standard InChI is InChI=1S/C26H22FIN2O2/c1-16-7-8-22(9-17(16)2)30-26(31)20(15-29)10-19-13-24(28)23(25(14-19)32-3)12-18-5-4-6-21(27)11-18/h4-11,13-14H,12H2,1-3H3,(H,30,31)/b20-10+. The number of nitrogens with zero attached hydrogens (tertiary/aromatic N) is 1. The number of ether oxygens (including phenoxy) is 1. The molecule has 3 rings (SSSR count). The van der Waals surface area contributed by atoms with Crippen molar-refractivity contribution >= 4 is 40.3 Å². The minimum Gasteiger partial charge on any atom is -0.496 e. The lowest BCUT2D eigenvalue weighted by Gasteiger charge is -2.13. The van der Waals surface area contributed by atoms with Crippen LogP contribution in [0.4, 0.5) is 10.1 Å². The zero-order chi connectivity index (χ0) is 23.3. The molecular weight excluding hydrogens is 518 g/mol. The number of benzene rings is 3. The molecule has 0 aliphatic rings. The molecule has 0 saturated heterocycles. The van der Waals surface area contributed by atoms with Gasteiger partial charge in [0, 0.05) is 21.2 Å². The number of amides is 1. The molecule has 1 amide bonds. The molecule has 3 aromatic rings.